The minimum Gasteiger partial charge on any atom is -0.508 e. The standard InChI is InChI=1S/C16H18N2O2/c1-11-7-8-13(10-15(11)19)18-16(20)14(17)9-12-5-3-2-4-6-12/h2-8,10,14,19H,9,17H2,1H3,(H,18,20)/t14-/m1/s1. The van der Waals surface area contributed by atoms with Crippen molar-refractivity contribution in [1.29, 1.82) is 0 Å². The molecule has 0 radical (unpaired) electrons. The van der Waals surface area contributed by atoms with Gasteiger partial charge < -0.3 is 16.2 Å². The summed E-state index contributed by atoms with van der Waals surface area (Å²) in [5, 5.41) is 12.3. The molecule has 4 heteroatoms. The lowest BCUT2D eigenvalue weighted by Gasteiger charge is -2.13. The zero-order valence-corrected chi connectivity index (χ0v) is 11.3. The van der Waals surface area contributed by atoms with Gasteiger partial charge in [-0.25, -0.2) is 0 Å². The van der Waals surface area contributed by atoms with Crippen LogP contribution in [0.15, 0.2) is 48.5 Å². The number of benzene rings is 2. The molecule has 20 heavy (non-hydrogen) atoms. The van der Waals surface area contributed by atoms with E-state index < -0.39 is 6.04 Å². The van der Waals surface area contributed by atoms with Crippen LogP contribution in [0.1, 0.15) is 11.1 Å². The second-order valence-electron chi connectivity index (χ2n) is 4.79. The van der Waals surface area contributed by atoms with Gasteiger partial charge in [-0.05, 0) is 30.5 Å². The zero-order chi connectivity index (χ0) is 14.5. The number of carbonyl (C=O) groups excluding carboxylic acids is 1. The van der Waals surface area contributed by atoms with Crippen LogP contribution in [0.25, 0.3) is 0 Å². The van der Waals surface area contributed by atoms with Crippen molar-refractivity contribution in [1.82, 2.24) is 0 Å². The summed E-state index contributed by atoms with van der Waals surface area (Å²) in [6.45, 7) is 1.79. The number of aromatic hydroxyl groups is 1. The van der Waals surface area contributed by atoms with Crippen molar-refractivity contribution in [2.24, 2.45) is 5.73 Å². The molecule has 0 spiro atoms. The lowest BCUT2D eigenvalue weighted by Crippen LogP contribution is -2.37. The maximum atomic E-state index is 12.0. The molecule has 0 heterocycles. The Morgan fingerprint density at radius 3 is 2.60 bits per heavy atom. The van der Waals surface area contributed by atoms with Crippen molar-refractivity contribution >= 4 is 11.6 Å². The average Bonchev–Trinajstić information content (AvgIpc) is 2.44. The van der Waals surface area contributed by atoms with Gasteiger partial charge in [0.05, 0.1) is 6.04 Å². The van der Waals surface area contributed by atoms with Crippen molar-refractivity contribution in [3.8, 4) is 5.75 Å². The smallest absolute Gasteiger partial charge is 0.241 e. The number of hydrogen-bond donors (Lipinski definition) is 3. The summed E-state index contributed by atoms with van der Waals surface area (Å²) in [5.41, 5.74) is 8.21. The van der Waals surface area contributed by atoms with Crippen LogP contribution in [0.4, 0.5) is 5.69 Å². The first kappa shape index (κ1) is 14.1. The molecule has 0 unspecified atom stereocenters. The van der Waals surface area contributed by atoms with E-state index in [1.54, 1.807) is 19.1 Å². The zero-order valence-electron chi connectivity index (χ0n) is 11.3. The molecular formula is C16H18N2O2. The molecule has 4 nitrogen and oxygen atoms in total. The summed E-state index contributed by atoms with van der Waals surface area (Å²) in [6, 6.07) is 14.0. The van der Waals surface area contributed by atoms with Gasteiger partial charge in [-0.1, -0.05) is 36.4 Å². The van der Waals surface area contributed by atoms with Crippen molar-refractivity contribution < 1.29 is 9.90 Å². The van der Waals surface area contributed by atoms with E-state index in [9.17, 15) is 9.90 Å². The molecule has 2 aromatic rings. The third kappa shape index (κ3) is 3.59. The van der Waals surface area contributed by atoms with E-state index in [1.165, 1.54) is 6.07 Å². The van der Waals surface area contributed by atoms with Crippen molar-refractivity contribution in [2.45, 2.75) is 19.4 Å². The summed E-state index contributed by atoms with van der Waals surface area (Å²) in [4.78, 5) is 12.0. The van der Waals surface area contributed by atoms with Gasteiger partial charge in [-0.15, -0.1) is 0 Å². The second-order valence-corrected chi connectivity index (χ2v) is 4.79. The molecule has 1 amide bonds. The van der Waals surface area contributed by atoms with E-state index in [4.69, 9.17) is 5.73 Å². The van der Waals surface area contributed by atoms with E-state index in [1.807, 2.05) is 30.3 Å². The maximum absolute atomic E-state index is 12.0. The number of phenolic OH excluding ortho intramolecular Hbond substituents is 1. The summed E-state index contributed by atoms with van der Waals surface area (Å²) in [5.74, 6) is -0.114. The Balaban J connectivity index is 1.99. The summed E-state index contributed by atoms with van der Waals surface area (Å²) < 4.78 is 0. The maximum Gasteiger partial charge on any atom is 0.241 e. The Kier molecular flexibility index (Phi) is 4.38. The average molecular weight is 270 g/mol. The van der Waals surface area contributed by atoms with E-state index in [0.717, 1.165) is 11.1 Å². The second kappa shape index (κ2) is 6.21. The highest BCUT2D eigenvalue weighted by Gasteiger charge is 2.14. The SMILES string of the molecule is Cc1ccc(NC(=O)[C@H](N)Cc2ccccc2)cc1O. The summed E-state index contributed by atoms with van der Waals surface area (Å²) in [7, 11) is 0. The largest absolute Gasteiger partial charge is 0.508 e. The Bertz CT molecular complexity index is 597. The van der Waals surface area contributed by atoms with Crippen LogP contribution in [-0.4, -0.2) is 17.1 Å². The van der Waals surface area contributed by atoms with Crippen molar-refractivity contribution in [2.75, 3.05) is 5.32 Å². The van der Waals surface area contributed by atoms with E-state index in [0.29, 0.717) is 12.1 Å². The fraction of sp³-hybridized carbons (Fsp3) is 0.188. The van der Waals surface area contributed by atoms with Gasteiger partial charge in [0.15, 0.2) is 0 Å². The third-order valence-corrected chi connectivity index (χ3v) is 3.11. The van der Waals surface area contributed by atoms with Gasteiger partial charge >= 0.3 is 0 Å². The quantitative estimate of drug-likeness (QED) is 0.797. The van der Waals surface area contributed by atoms with E-state index in [-0.39, 0.29) is 11.7 Å². The first-order valence-electron chi connectivity index (χ1n) is 6.46. The molecule has 104 valence electrons. The number of aryl methyl sites for hydroxylation is 1. The predicted octanol–water partition coefficient (Wildman–Crippen LogP) is 2.21. The molecule has 0 aliphatic carbocycles. The Morgan fingerprint density at radius 2 is 1.95 bits per heavy atom. The highest BCUT2D eigenvalue weighted by atomic mass is 16.3. The molecule has 0 fully saturated rings. The van der Waals surface area contributed by atoms with Gasteiger partial charge in [-0.3, -0.25) is 4.79 Å². The molecule has 0 saturated carbocycles. The van der Waals surface area contributed by atoms with Crippen LogP contribution >= 0.6 is 0 Å². The number of carbonyl (C=O) groups is 1. The number of nitrogens with one attached hydrogen (secondary N) is 1. The Morgan fingerprint density at radius 1 is 1.25 bits per heavy atom. The van der Waals surface area contributed by atoms with Gasteiger partial charge in [0.2, 0.25) is 5.91 Å². The summed E-state index contributed by atoms with van der Waals surface area (Å²) >= 11 is 0. The topological polar surface area (TPSA) is 75.4 Å². The van der Waals surface area contributed by atoms with Gasteiger partial charge in [0.1, 0.15) is 5.75 Å². The molecule has 0 bridgehead atoms. The minimum absolute atomic E-state index is 0.152. The molecular weight excluding hydrogens is 252 g/mol. The Labute approximate surface area is 118 Å². The van der Waals surface area contributed by atoms with Crippen LogP contribution < -0.4 is 11.1 Å². The fourth-order valence-corrected chi connectivity index (χ4v) is 1.88. The number of phenols is 1. The molecule has 0 aliphatic heterocycles. The first-order valence-corrected chi connectivity index (χ1v) is 6.46. The van der Waals surface area contributed by atoms with E-state index in [2.05, 4.69) is 5.32 Å². The number of amides is 1. The molecule has 2 aromatic carbocycles. The number of rotatable bonds is 4. The lowest BCUT2D eigenvalue weighted by molar-refractivity contribution is -0.117. The summed E-state index contributed by atoms with van der Waals surface area (Å²) in [6.07, 6.45) is 0.477. The molecule has 0 saturated heterocycles. The molecule has 1 atom stereocenters. The lowest BCUT2D eigenvalue weighted by atomic mass is 10.1. The molecule has 4 N–H and O–H groups in total. The van der Waals surface area contributed by atoms with Gasteiger partial charge in [0, 0.05) is 11.8 Å². The molecule has 0 aliphatic rings. The van der Waals surface area contributed by atoms with Gasteiger partial charge in [-0.2, -0.15) is 0 Å². The highest BCUT2D eigenvalue weighted by Crippen LogP contribution is 2.20. The normalized spacial score (nSPS) is 11.9. The van der Waals surface area contributed by atoms with Crippen LogP contribution in [0.5, 0.6) is 5.75 Å². The number of hydrogen-bond acceptors (Lipinski definition) is 3. The van der Waals surface area contributed by atoms with Crippen molar-refractivity contribution in [3.63, 3.8) is 0 Å². The van der Waals surface area contributed by atoms with Crippen LogP contribution in [0.3, 0.4) is 0 Å². The highest BCUT2D eigenvalue weighted by molar-refractivity contribution is 5.95. The molecule has 0 aromatic heterocycles. The van der Waals surface area contributed by atoms with Crippen LogP contribution in [0, 0.1) is 6.92 Å². The minimum atomic E-state index is -0.624. The molecule has 2 rings (SSSR count). The fourth-order valence-electron chi connectivity index (χ4n) is 1.88. The van der Waals surface area contributed by atoms with Gasteiger partial charge in [0.25, 0.3) is 0 Å². The predicted molar refractivity (Wildman–Crippen MR) is 79.6 cm³/mol. The third-order valence-electron chi connectivity index (χ3n) is 3.11. The van der Waals surface area contributed by atoms with E-state index >= 15 is 0 Å². The number of anilines is 1. The number of nitrogens with two attached hydrogens (primary N) is 1. The van der Waals surface area contributed by atoms with Crippen LogP contribution in [0.2, 0.25) is 0 Å². The first-order chi connectivity index (χ1) is 9.56. The Hall–Kier alpha value is -2.33. The van der Waals surface area contributed by atoms with Crippen molar-refractivity contribution in [3.05, 3.63) is 59.7 Å². The van der Waals surface area contributed by atoms with Crippen LogP contribution in [-0.2, 0) is 11.2 Å². The monoisotopic (exact) mass is 270 g/mol.